The molecule has 2 atom stereocenters. The van der Waals surface area contributed by atoms with Gasteiger partial charge in [-0.3, -0.25) is 9.78 Å². The molecule has 2 aromatic heterocycles. The second-order valence-electron chi connectivity index (χ2n) is 9.13. The van der Waals surface area contributed by atoms with Crippen LogP contribution in [0.2, 0.25) is 0 Å². The second-order valence-corrected chi connectivity index (χ2v) is 9.51. The van der Waals surface area contributed by atoms with E-state index in [0.717, 1.165) is 28.3 Å². The monoisotopic (exact) mass is 495 g/mol. The van der Waals surface area contributed by atoms with Crippen molar-refractivity contribution in [1.82, 2.24) is 19.8 Å². The van der Waals surface area contributed by atoms with Crippen LogP contribution in [0.1, 0.15) is 41.0 Å². The molecule has 0 bridgehead atoms. The van der Waals surface area contributed by atoms with Gasteiger partial charge in [-0.1, -0.05) is 35.9 Å². The third-order valence-electron chi connectivity index (χ3n) is 6.48. The van der Waals surface area contributed by atoms with Crippen LogP contribution in [0, 0.1) is 13.8 Å². The molecule has 0 aliphatic carbocycles. The Kier molecular flexibility index (Phi) is 6.82. The Morgan fingerprint density at radius 3 is 2.58 bits per heavy atom. The molecule has 5 rings (SSSR count). The molecule has 0 spiro atoms. The molecular weight excluding hydrogens is 466 g/mol. The van der Waals surface area contributed by atoms with Crippen molar-refractivity contribution in [3.63, 3.8) is 0 Å². The van der Waals surface area contributed by atoms with E-state index in [1.807, 2.05) is 49.4 Å². The number of benzene rings is 2. The maximum Gasteiger partial charge on any atom is 0.226 e. The maximum atomic E-state index is 12.8. The van der Waals surface area contributed by atoms with Gasteiger partial charge in [-0.15, -0.1) is 0 Å². The molecule has 6 nitrogen and oxygen atoms in total. The number of nitrogens with zero attached hydrogens (tertiary/aromatic N) is 3. The smallest absolute Gasteiger partial charge is 0.226 e. The first-order chi connectivity index (χ1) is 17.5. The van der Waals surface area contributed by atoms with Crippen molar-refractivity contribution in [3.8, 4) is 5.69 Å². The fraction of sp³-hybridized carbons (Fsp3) is 0.207. The Balaban J connectivity index is 1.44. The molecular formula is C29H29N5OS. The summed E-state index contributed by atoms with van der Waals surface area (Å²) in [5, 5.41) is 7.10. The van der Waals surface area contributed by atoms with Crippen LogP contribution >= 0.6 is 12.2 Å². The zero-order chi connectivity index (χ0) is 25.1. The number of amides is 1. The quantitative estimate of drug-likeness (QED) is 0.332. The van der Waals surface area contributed by atoms with Crippen molar-refractivity contribution >= 4 is 28.9 Å². The van der Waals surface area contributed by atoms with Crippen LogP contribution in [0.4, 0.5) is 5.69 Å². The van der Waals surface area contributed by atoms with Gasteiger partial charge in [0, 0.05) is 42.4 Å². The molecule has 2 aromatic carbocycles. The minimum atomic E-state index is -0.141. The molecule has 4 aromatic rings. The molecule has 0 saturated carbocycles. The number of hydrogen-bond donors (Lipinski definition) is 2. The van der Waals surface area contributed by atoms with Gasteiger partial charge >= 0.3 is 0 Å². The number of anilines is 1. The molecule has 0 radical (unpaired) electrons. The first kappa shape index (κ1) is 23.8. The van der Waals surface area contributed by atoms with E-state index < -0.39 is 0 Å². The Labute approximate surface area is 217 Å². The second kappa shape index (κ2) is 10.3. The molecule has 0 unspecified atom stereocenters. The minimum absolute atomic E-state index is 0.0456. The highest BCUT2D eigenvalue weighted by Crippen LogP contribution is 2.39. The molecule has 1 aliphatic heterocycles. The van der Waals surface area contributed by atoms with Gasteiger partial charge in [0.2, 0.25) is 5.91 Å². The highest BCUT2D eigenvalue weighted by Gasteiger charge is 2.41. The molecule has 182 valence electrons. The Bertz CT molecular complexity index is 1370. The zero-order valence-electron chi connectivity index (χ0n) is 20.4. The van der Waals surface area contributed by atoms with Gasteiger partial charge < -0.3 is 20.1 Å². The Morgan fingerprint density at radius 2 is 1.83 bits per heavy atom. The van der Waals surface area contributed by atoms with E-state index in [4.69, 9.17) is 12.2 Å². The largest absolute Gasteiger partial charge is 0.352 e. The SMILES string of the molecule is Cc1ccc(NC(=O)CCN2C(=S)N[C@H](c3ccccn3)[C@@H]2c2cccn2-c2cccc(C)c2)cc1. The van der Waals surface area contributed by atoms with Crippen molar-refractivity contribution in [3.05, 3.63) is 114 Å². The predicted octanol–water partition coefficient (Wildman–Crippen LogP) is 5.49. The average Bonchev–Trinajstić information content (AvgIpc) is 3.49. The van der Waals surface area contributed by atoms with E-state index >= 15 is 0 Å². The van der Waals surface area contributed by atoms with E-state index in [9.17, 15) is 4.79 Å². The fourth-order valence-corrected chi connectivity index (χ4v) is 5.03. The highest BCUT2D eigenvalue weighted by molar-refractivity contribution is 7.80. The molecule has 1 saturated heterocycles. The van der Waals surface area contributed by atoms with Gasteiger partial charge in [-0.2, -0.15) is 0 Å². The van der Waals surface area contributed by atoms with Crippen molar-refractivity contribution in [2.45, 2.75) is 32.4 Å². The van der Waals surface area contributed by atoms with Gasteiger partial charge in [0.05, 0.1) is 17.8 Å². The van der Waals surface area contributed by atoms with Crippen molar-refractivity contribution < 1.29 is 4.79 Å². The molecule has 7 heteroatoms. The fourth-order valence-electron chi connectivity index (χ4n) is 4.70. The lowest BCUT2D eigenvalue weighted by molar-refractivity contribution is -0.116. The van der Waals surface area contributed by atoms with Gasteiger partial charge in [0.15, 0.2) is 5.11 Å². The predicted molar refractivity (Wildman–Crippen MR) is 147 cm³/mol. The van der Waals surface area contributed by atoms with Crippen molar-refractivity contribution in [2.24, 2.45) is 0 Å². The lowest BCUT2D eigenvalue weighted by atomic mass is 10.0. The van der Waals surface area contributed by atoms with Crippen molar-refractivity contribution in [1.29, 1.82) is 0 Å². The summed E-state index contributed by atoms with van der Waals surface area (Å²) in [4.78, 5) is 19.6. The summed E-state index contributed by atoms with van der Waals surface area (Å²) in [7, 11) is 0. The number of carbonyl (C=O) groups excluding carboxylic acids is 1. The number of aryl methyl sites for hydroxylation is 2. The summed E-state index contributed by atoms with van der Waals surface area (Å²) in [6, 6.07) is 26.1. The van der Waals surface area contributed by atoms with Crippen LogP contribution in [-0.2, 0) is 4.79 Å². The molecule has 36 heavy (non-hydrogen) atoms. The van der Waals surface area contributed by atoms with Crippen molar-refractivity contribution in [2.75, 3.05) is 11.9 Å². The summed E-state index contributed by atoms with van der Waals surface area (Å²) in [5.41, 5.74) is 6.23. The van der Waals surface area contributed by atoms with E-state index in [0.29, 0.717) is 18.1 Å². The van der Waals surface area contributed by atoms with Crippen LogP contribution < -0.4 is 10.6 Å². The minimum Gasteiger partial charge on any atom is -0.352 e. The third-order valence-corrected chi connectivity index (χ3v) is 6.83. The van der Waals surface area contributed by atoms with Crippen LogP contribution in [0.25, 0.3) is 5.69 Å². The van der Waals surface area contributed by atoms with Crippen LogP contribution in [0.3, 0.4) is 0 Å². The Hall–Kier alpha value is -3.97. The number of thiocarbonyl (C=S) groups is 1. The maximum absolute atomic E-state index is 12.8. The summed E-state index contributed by atoms with van der Waals surface area (Å²) in [6.45, 7) is 4.60. The normalized spacial score (nSPS) is 17.2. The van der Waals surface area contributed by atoms with Crippen LogP contribution in [0.15, 0.2) is 91.3 Å². The standard InChI is InChI=1S/C29H29N5OS/c1-20-11-13-22(14-12-20)31-26(35)15-18-34-28(27(32-29(34)36)24-9-3-4-16-30-24)25-10-6-17-33(25)23-8-5-7-21(2)19-23/h3-14,16-17,19,27-28H,15,18H2,1-2H3,(H,31,35)(H,32,36)/t27-,28+/m1/s1. The van der Waals surface area contributed by atoms with E-state index in [-0.39, 0.29) is 18.0 Å². The topological polar surface area (TPSA) is 62.2 Å². The van der Waals surface area contributed by atoms with E-state index in [1.165, 1.54) is 5.56 Å². The lowest BCUT2D eigenvalue weighted by Gasteiger charge is -2.29. The van der Waals surface area contributed by atoms with Gasteiger partial charge in [-0.05, 0) is 80.2 Å². The third kappa shape index (κ3) is 5.02. The van der Waals surface area contributed by atoms with Gasteiger partial charge in [0.1, 0.15) is 0 Å². The lowest BCUT2D eigenvalue weighted by Crippen LogP contribution is -2.33. The average molecular weight is 496 g/mol. The molecule has 1 fully saturated rings. The van der Waals surface area contributed by atoms with Gasteiger partial charge in [0.25, 0.3) is 0 Å². The van der Waals surface area contributed by atoms with E-state index in [1.54, 1.807) is 6.20 Å². The first-order valence-electron chi connectivity index (χ1n) is 12.1. The van der Waals surface area contributed by atoms with E-state index in [2.05, 4.69) is 74.6 Å². The number of carbonyl (C=O) groups is 1. The van der Waals surface area contributed by atoms with Crippen LogP contribution in [-0.4, -0.2) is 32.0 Å². The molecule has 2 N–H and O–H groups in total. The highest BCUT2D eigenvalue weighted by atomic mass is 32.1. The number of pyridine rings is 1. The molecule has 1 amide bonds. The van der Waals surface area contributed by atoms with Gasteiger partial charge in [-0.25, -0.2) is 0 Å². The summed E-state index contributed by atoms with van der Waals surface area (Å²) < 4.78 is 2.20. The molecule has 1 aliphatic rings. The zero-order valence-corrected chi connectivity index (χ0v) is 21.2. The summed E-state index contributed by atoms with van der Waals surface area (Å²) in [5.74, 6) is -0.0456. The summed E-state index contributed by atoms with van der Waals surface area (Å²) in [6.07, 6.45) is 4.18. The molecule has 3 heterocycles. The first-order valence-corrected chi connectivity index (χ1v) is 12.5. The number of nitrogens with one attached hydrogen (secondary N) is 2. The Morgan fingerprint density at radius 1 is 1.00 bits per heavy atom. The summed E-state index contributed by atoms with van der Waals surface area (Å²) >= 11 is 5.79. The number of rotatable bonds is 7. The number of aromatic nitrogens is 2. The number of hydrogen-bond acceptors (Lipinski definition) is 3. The van der Waals surface area contributed by atoms with Crippen LogP contribution in [0.5, 0.6) is 0 Å².